The number of nitrogens with zero attached hydrogens (tertiary/aromatic N) is 5. The van der Waals surface area contributed by atoms with E-state index in [0.717, 1.165) is 48.6 Å². The van der Waals surface area contributed by atoms with Crippen LogP contribution in [0, 0.1) is 6.92 Å². The normalized spacial score (nSPS) is 17.4. The molecule has 28 heavy (non-hydrogen) atoms. The number of pyridine rings is 1. The van der Waals surface area contributed by atoms with Gasteiger partial charge in [0.1, 0.15) is 5.82 Å². The number of nitrogens with one attached hydrogen (secondary N) is 1. The number of hydrogen-bond acceptors (Lipinski definition) is 7. The summed E-state index contributed by atoms with van der Waals surface area (Å²) in [6.45, 7) is 4.00. The Bertz CT molecular complexity index is 931. The molecule has 1 aliphatic heterocycles. The lowest BCUT2D eigenvalue weighted by atomic mass is 9.90. The number of anilines is 1. The van der Waals surface area contributed by atoms with Crippen LogP contribution >= 0.6 is 11.3 Å². The van der Waals surface area contributed by atoms with E-state index in [9.17, 15) is 4.79 Å². The number of carbonyl (C=O) groups excluding carboxylic acids is 1. The summed E-state index contributed by atoms with van der Waals surface area (Å²) in [5, 5.41) is 5.36. The molecule has 1 fully saturated rings. The van der Waals surface area contributed by atoms with Crippen LogP contribution in [0.5, 0.6) is 0 Å². The highest BCUT2D eigenvalue weighted by molar-refractivity contribution is 7.13. The third-order valence-corrected chi connectivity index (χ3v) is 5.56. The highest BCUT2D eigenvalue weighted by atomic mass is 32.1. The molecule has 1 amide bonds. The van der Waals surface area contributed by atoms with E-state index in [2.05, 4.69) is 25.2 Å². The molecule has 1 aliphatic rings. The number of likely N-dealkylation sites (tertiary alicyclic amines) is 1. The number of piperidine rings is 1. The van der Waals surface area contributed by atoms with E-state index < -0.39 is 0 Å². The number of amides is 1. The van der Waals surface area contributed by atoms with Gasteiger partial charge in [0.15, 0.2) is 5.13 Å². The Labute approximate surface area is 167 Å². The van der Waals surface area contributed by atoms with Gasteiger partial charge >= 0.3 is 0 Å². The minimum absolute atomic E-state index is 0.0242. The SMILES string of the molecule is Cc1ncc(-c2ccncc2)c([C@@H]2CCCN(CC(=O)Nc3nccs3)C2)n1. The topological polar surface area (TPSA) is 83.9 Å². The lowest BCUT2D eigenvalue weighted by Gasteiger charge is -2.32. The minimum Gasteiger partial charge on any atom is -0.301 e. The highest BCUT2D eigenvalue weighted by Gasteiger charge is 2.26. The second kappa shape index (κ2) is 8.53. The Kier molecular flexibility index (Phi) is 5.68. The van der Waals surface area contributed by atoms with Crippen LogP contribution in [0.25, 0.3) is 11.1 Å². The fourth-order valence-corrected chi connectivity index (χ4v) is 4.17. The van der Waals surface area contributed by atoms with Crippen LogP contribution in [0.1, 0.15) is 30.3 Å². The van der Waals surface area contributed by atoms with Gasteiger partial charge in [-0.2, -0.15) is 0 Å². The Morgan fingerprint density at radius 3 is 2.93 bits per heavy atom. The maximum absolute atomic E-state index is 12.3. The van der Waals surface area contributed by atoms with Gasteiger partial charge in [0.25, 0.3) is 0 Å². The van der Waals surface area contributed by atoms with Gasteiger partial charge in [-0.05, 0) is 44.0 Å². The van der Waals surface area contributed by atoms with E-state index in [0.29, 0.717) is 11.7 Å². The average molecular weight is 395 g/mol. The van der Waals surface area contributed by atoms with Crippen LogP contribution in [0.2, 0.25) is 0 Å². The first kappa shape index (κ1) is 18.6. The molecule has 0 bridgehead atoms. The quantitative estimate of drug-likeness (QED) is 0.716. The molecular formula is C20H22N6OS. The van der Waals surface area contributed by atoms with Crippen molar-refractivity contribution < 1.29 is 4.79 Å². The zero-order chi connectivity index (χ0) is 19.3. The van der Waals surface area contributed by atoms with Crippen molar-refractivity contribution in [3.8, 4) is 11.1 Å². The van der Waals surface area contributed by atoms with Crippen molar-refractivity contribution in [3.63, 3.8) is 0 Å². The molecule has 4 rings (SSSR count). The van der Waals surface area contributed by atoms with Crippen molar-refractivity contribution in [1.82, 2.24) is 24.8 Å². The van der Waals surface area contributed by atoms with E-state index in [1.165, 1.54) is 11.3 Å². The van der Waals surface area contributed by atoms with Gasteiger partial charge in [-0.15, -0.1) is 11.3 Å². The van der Waals surface area contributed by atoms with Crippen molar-refractivity contribution in [2.24, 2.45) is 0 Å². The first-order chi connectivity index (χ1) is 13.7. The highest BCUT2D eigenvalue weighted by Crippen LogP contribution is 2.32. The predicted octanol–water partition coefficient (Wildman–Crippen LogP) is 3.12. The lowest BCUT2D eigenvalue weighted by molar-refractivity contribution is -0.117. The molecule has 0 spiro atoms. The minimum atomic E-state index is -0.0242. The molecule has 0 aromatic carbocycles. The van der Waals surface area contributed by atoms with Crippen LogP contribution in [0.4, 0.5) is 5.13 Å². The monoisotopic (exact) mass is 394 g/mol. The zero-order valence-corrected chi connectivity index (χ0v) is 16.5. The zero-order valence-electron chi connectivity index (χ0n) is 15.7. The summed E-state index contributed by atoms with van der Waals surface area (Å²) in [6.07, 6.45) is 9.26. The van der Waals surface area contributed by atoms with E-state index >= 15 is 0 Å². The standard InChI is InChI=1S/C20H22N6OS/c1-14-23-11-17(15-4-6-21-7-5-15)19(24-14)16-3-2-9-26(12-16)13-18(27)25-20-22-8-10-28-20/h4-8,10-11,16H,2-3,9,12-13H2,1H3,(H,22,25,27)/t16-/m1/s1. The predicted molar refractivity (Wildman–Crippen MR) is 109 cm³/mol. The van der Waals surface area contributed by atoms with E-state index in [1.54, 1.807) is 18.6 Å². The molecule has 1 N–H and O–H groups in total. The van der Waals surface area contributed by atoms with Crippen molar-refractivity contribution in [3.05, 3.63) is 53.8 Å². The van der Waals surface area contributed by atoms with E-state index in [1.807, 2.05) is 30.6 Å². The second-order valence-corrected chi connectivity index (χ2v) is 7.81. The molecule has 0 radical (unpaired) electrons. The molecule has 3 aromatic rings. The van der Waals surface area contributed by atoms with Gasteiger partial charge in [0.05, 0.1) is 12.2 Å². The third kappa shape index (κ3) is 4.40. The maximum Gasteiger partial charge on any atom is 0.240 e. The average Bonchev–Trinajstić information content (AvgIpc) is 3.21. The Morgan fingerprint density at radius 2 is 2.14 bits per heavy atom. The van der Waals surface area contributed by atoms with Crippen LogP contribution in [-0.4, -0.2) is 50.4 Å². The summed E-state index contributed by atoms with van der Waals surface area (Å²) in [4.78, 5) is 32.0. The summed E-state index contributed by atoms with van der Waals surface area (Å²) in [6, 6.07) is 3.97. The van der Waals surface area contributed by atoms with Crippen LogP contribution in [0.3, 0.4) is 0 Å². The first-order valence-corrected chi connectivity index (χ1v) is 10.2. The molecule has 8 heteroatoms. The molecule has 4 heterocycles. The van der Waals surface area contributed by atoms with Gasteiger partial charge in [0.2, 0.25) is 5.91 Å². The van der Waals surface area contributed by atoms with E-state index in [-0.39, 0.29) is 11.8 Å². The van der Waals surface area contributed by atoms with Crippen molar-refractivity contribution in [2.75, 3.05) is 25.0 Å². The fourth-order valence-electron chi connectivity index (χ4n) is 3.62. The number of aryl methyl sites for hydroxylation is 1. The molecule has 0 aliphatic carbocycles. The van der Waals surface area contributed by atoms with Crippen molar-refractivity contribution in [2.45, 2.75) is 25.7 Å². The number of thiazole rings is 1. The van der Waals surface area contributed by atoms with Gasteiger partial charge < -0.3 is 5.32 Å². The van der Waals surface area contributed by atoms with Crippen LogP contribution in [-0.2, 0) is 4.79 Å². The largest absolute Gasteiger partial charge is 0.301 e. The van der Waals surface area contributed by atoms with Crippen molar-refractivity contribution in [1.29, 1.82) is 0 Å². The van der Waals surface area contributed by atoms with Crippen LogP contribution in [0.15, 0.2) is 42.3 Å². The molecule has 1 saturated heterocycles. The van der Waals surface area contributed by atoms with Gasteiger partial charge in [0, 0.05) is 48.2 Å². The van der Waals surface area contributed by atoms with Crippen molar-refractivity contribution >= 4 is 22.4 Å². The molecular weight excluding hydrogens is 372 g/mol. The summed E-state index contributed by atoms with van der Waals surface area (Å²) < 4.78 is 0. The fraction of sp³-hybridized carbons (Fsp3) is 0.350. The second-order valence-electron chi connectivity index (χ2n) is 6.91. The van der Waals surface area contributed by atoms with Gasteiger partial charge in [-0.1, -0.05) is 0 Å². The van der Waals surface area contributed by atoms with Crippen LogP contribution < -0.4 is 5.32 Å². The number of rotatable bonds is 5. The molecule has 0 unspecified atom stereocenters. The summed E-state index contributed by atoms with van der Waals surface area (Å²) in [7, 11) is 0. The Hall–Kier alpha value is -2.71. The Balaban J connectivity index is 1.50. The third-order valence-electron chi connectivity index (χ3n) is 4.87. The number of carbonyl (C=O) groups is 1. The van der Waals surface area contributed by atoms with Gasteiger partial charge in [-0.3, -0.25) is 14.7 Å². The number of aromatic nitrogens is 4. The lowest BCUT2D eigenvalue weighted by Crippen LogP contribution is -2.40. The van der Waals surface area contributed by atoms with E-state index in [4.69, 9.17) is 4.98 Å². The molecule has 144 valence electrons. The number of hydrogen-bond donors (Lipinski definition) is 1. The molecule has 0 saturated carbocycles. The summed E-state index contributed by atoms with van der Waals surface area (Å²) >= 11 is 1.43. The molecule has 3 aromatic heterocycles. The molecule has 7 nitrogen and oxygen atoms in total. The smallest absolute Gasteiger partial charge is 0.240 e. The Morgan fingerprint density at radius 1 is 1.29 bits per heavy atom. The maximum atomic E-state index is 12.3. The molecule has 1 atom stereocenters. The summed E-state index contributed by atoms with van der Waals surface area (Å²) in [5.41, 5.74) is 3.18. The van der Waals surface area contributed by atoms with Gasteiger partial charge in [-0.25, -0.2) is 15.0 Å². The first-order valence-electron chi connectivity index (χ1n) is 9.34. The summed E-state index contributed by atoms with van der Waals surface area (Å²) in [5.74, 6) is 1.02.